The first-order valence-electron chi connectivity index (χ1n) is 7.38. The third-order valence-corrected chi connectivity index (χ3v) is 3.33. The molecule has 0 spiro atoms. The fourth-order valence-electron chi connectivity index (χ4n) is 2.12. The van der Waals surface area contributed by atoms with Gasteiger partial charge >= 0.3 is 5.97 Å². The highest BCUT2D eigenvalue weighted by Crippen LogP contribution is 2.28. The zero-order chi connectivity index (χ0) is 19.1. The molecular weight excluding hydrogens is 344 g/mol. The van der Waals surface area contributed by atoms with E-state index in [2.05, 4.69) is 5.32 Å². The predicted molar refractivity (Wildman–Crippen MR) is 91.6 cm³/mol. The third kappa shape index (κ3) is 4.47. The van der Waals surface area contributed by atoms with Crippen LogP contribution >= 0.6 is 0 Å². The van der Waals surface area contributed by atoms with Gasteiger partial charge in [0.25, 0.3) is 11.6 Å². The Bertz CT molecular complexity index is 836. The number of nitro benzene ring substituents is 1. The molecule has 0 saturated carbocycles. The van der Waals surface area contributed by atoms with E-state index < -0.39 is 23.4 Å². The van der Waals surface area contributed by atoms with Crippen LogP contribution in [0, 0.1) is 10.1 Å². The summed E-state index contributed by atoms with van der Waals surface area (Å²) in [5, 5.41) is 13.3. The summed E-state index contributed by atoms with van der Waals surface area (Å²) in [4.78, 5) is 34.3. The molecule has 0 atom stereocenters. The van der Waals surface area contributed by atoms with Gasteiger partial charge in [-0.25, -0.2) is 4.79 Å². The van der Waals surface area contributed by atoms with Crippen LogP contribution in [0.25, 0.3) is 0 Å². The van der Waals surface area contributed by atoms with E-state index in [1.807, 2.05) is 0 Å². The van der Waals surface area contributed by atoms with Crippen molar-refractivity contribution in [2.75, 3.05) is 26.1 Å². The van der Waals surface area contributed by atoms with Gasteiger partial charge in [0.05, 0.1) is 24.8 Å². The molecule has 0 fully saturated rings. The highest BCUT2D eigenvalue weighted by Gasteiger charge is 2.17. The zero-order valence-electron chi connectivity index (χ0n) is 14.1. The van der Waals surface area contributed by atoms with Gasteiger partial charge in [-0.3, -0.25) is 14.9 Å². The van der Waals surface area contributed by atoms with Crippen LogP contribution in [0.2, 0.25) is 0 Å². The molecule has 2 aromatic carbocycles. The van der Waals surface area contributed by atoms with Crippen molar-refractivity contribution >= 4 is 23.3 Å². The minimum atomic E-state index is -0.733. The van der Waals surface area contributed by atoms with Gasteiger partial charge < -0.3 is 19.5 Å². The number of non-ortho nitro benzene ring substituents is 1. The molecule has 26 heavy (non-hydrogen) atoms. The Morgan fingerprint density at radius 2 is 1.77 bits per heavy atom. The van der Waals surface area contributed by atoms with Crippen molar-refractivity contribution in [2.24, 2.45) is 0 Å². The molecule has 2 rings (SSSR count). The standard InChI is InChI=1S/C17H16N2O7/c1-24-14-6-4-3-5-12(14)17(21)26-10-16(20)18-13-9-11(19(22)23)7-8-15(13)25-2/h3-9H,10H2,1-2H3,(H,18,20). The highest BCUT2D eigenvalue weighted by molar-refractivity contribution is 5.97. The lowest BCUT2D eigenvalue weighted by molar-refractivity contribution is -0.384. The number of nitrogens with zero attached hydrogens (tertiary/aromatic N) is 1. The van der Waals surface area contributed by atoms with Crippen molar-refractivity contribution in [3.63, 3.8) is 0 Å². The molecule has 0 aliphatic carbocycles. The van der Waals surface area contributed by atoms with E-state index in [1.165, 1.54) is 32.4 Å². The molecule has 0 unspecified atom stereocenters. The molecule has 9 nitrogen and oxygen atoms in total. The van der Waals surface area contributed by atoms with Crippen LogP contribution in [0.1, 0.15) is 10.4 Å². The molecular formula is C17H16N2O7. The van der Waals surface area contributed by atoms with Gasteiger partial charge in [-0.1, -0.05) is 12.1 Å². The van der Waals surface area contributed by atoms with Gasteiger partial charge in [-0.2, -0.15) is 0 Å². The quantitative estimate of drug-likeness (QED) is 0.458. The Labute approximate surface area is 148 Å². The van der Waals surface area contributed by atoms with Gasteiger partial charge in [-0.05, 0) is 18.2 Å². The number of carbonyl (C=O) groups is 2. The Morgan fingerprint density at radius 3 is 2.42 bits per heavy atom. The molecule has 0 aromatic heterocycles. The van der Waals surface area contributed by atoms with Crippen LogP contribution in [-0.4, -0.2) is 37.6 Å². The lowest BCUT2D eigenvalue weighted by atomic mass is 10.2. The van der Waals surface area contributed by atoms with Gasteiger partial charge in [0.2, 0.25) is 0 Å². The first-order valence-corrected chi connectivity index (χ1v) is 7.38. The van der Waals surface area contributed by atoms with E-state index in [0.717, 1.165) is 6.07 Å². The number of nitro groups is 1. The lowest BCUT2D eigenvalue weighted by Gasteiger charge is -2.11. The highest BCUT2D eigenvalue weighted by atomic mass is 16.6. The van der Waals surface area contributed by atoms with Gasteiger partial charge in [-0.15, -0.1) is 0 Å². The Morgan fingerprint density at radius 1 is 1.08 bits per heavy atom. The van der Waals surface area contributed by atoms with Crippen molar-refractivity contribution in [3.05, 3.63) is 58.1 Å². The number of methoxy groups -OCH3 is 2. The largest absolute Gasteiger partial charge is 0.496 e. The summed E-state index contributed by atoms with van der Waals surface area (Å²) in [5.41, 5.74) is 0.0582. The average molecular weight is 360 g/mol. The second kappa shape index (κ2) is 8.47. The number of anilines is 1. The van der Waals surface area contributed by atoms with Crippen LogP contribution in [0.5, 0.6) is 11.5 Å². The SMILES string of the molecule is COc1ccc([N+](=O)[O-])cc1NC(=O)COC(=O)c1ccccc1OC. The van der Waals surface area contributed by atoms with E-state index in [9.17, 15) is 19.7 Å². The van der Waals surface area contributed by atoms with Crippen LogP contribution in [0.15, 0.2) is 42.5 Å². The van der Waals surface area contributed by atoms with Gasteiger partial charge in [0.1, 0.15) is 17.1 Å². The molecule has 0 radical (unpaired) electrons. The molecule has 0 bridgehead atoms. The van der Waals surface area contributed by atoms with Crippen molar-refractivity contribution in [1.29, 1.82) is 0 Å². The minimum absolute atomic E-state index is 0.0973. The van der Waals surface area contributed by atoms with Crippen LogP contribution in [0.4, 0.5) is 11.4 Å². The summed E-state index contributed by atoms with van der Waals surface area (Å²) in [7, 11) is 2.77. The first kappa shape index (κ1) is 18.7. The first-order chi connectivity index (χ1) is 12.5. The number of hydrogen-bond donors (Lipinski definition) is 1. The van der Waals surface area contributed by atoms with E-state index in [4.69, 9.17) is 14.2 Å². The van der Waals surface area contributed by atoms with Crippen molar-refractivity contribution in [3.8, 4) is 11.5 Å². The Hall–Kier alpha value is -3.62. The Kier molecular flexibility index (Phi) is 6.10. The third-order valence-electron chi connectivity index (χ3n) is 3.33. The number of benzene rings is 2. The van der Waals surface area contributed by atoms with Crippen molar-refractivity contribution in [2.45, 2.75) is 0 Å². The van der Waals surface area contributed by atoms with Crippen LogP contribution < -0.4 is 14.8 Å². The number of para-hydroxylation sites is 1. The zero-order valence-corrected chi connectivity index (χ0v) is 14.1. The number of amides is 1. The van der Waals surface area contributed by atoms with E-state index in [-0.39, 0.29) is 22.7 Å². The topological polar surface area (TPSA) is 117 Å². The summed E-state index contributed by atoms with van der Waals surface area (Å²) >= 11 is 0. The molecule has 0 heterocycles. The molecule has 1 amide bonds. The number of esters is 1. The normalized spacial score (nSPS) is 9.92. The maximum atomic E-state index is 12.1. The number of carbonyl (C=O) groups excluding carboxylic acids is 2. The van der Waals surface area contributed by atoms with Crippen molar-refractivity contribution < 1.29 is 28.7 Å². The Balaban J connectivity index is 2.04. The smallest absolute Gasteiger partial charge is 0.342 e. The average Bonchev–Trinajstić information content (AvgIpc) is 2.65. The van der Waals surface area contributed by atoms with E-state index >= 15 is 0 Å². The summed E-state index contributed by atoms with van der Waals surface area (Å²) in [6.45, 7) is -0.581. The fourth-order valence-corrected chi connectivity index (χ4v) is 2.12. The number of rotatable bonds is 7. The van der Waals surface area contributed by atoms with E-state index in [0.29, 0.717) is 5.75 Å². The lowest BCUT2D eigenvalue weighted by Crippen LogP contribution is -2.21. The fraction of sp³-hybridized carbons (Fsp3) is 0.176. The van der Waals surface area contributed by atoms with Gasteiger partial charge in [0.15, 0.2) is 6.61 Å². The second-order valence-corrected chi connectivity index (χ2v) is 4.97. The van der Waals surface area contributed by atoms with Gasteiger partial charge in [0, 0.05) is 12.1 Å². The summed E-state index contributed by atoms with van der Waals surface area (Å²) in [5.74, 6) is -0.853. The number of ether oxygens (including phenoxy) is 3. The van der Waals surface area contributed by atoms with Crippen LogP contribution in [0.3, 0.4) is 0 Å². The second-order valence-electron chi connectivity index (χ2n) is 4.97. The molecule has 0 saturated heterocycles. The molecule has 136 valence electrons. The predicted octanol–water partition coefficient (Wildman–Crippen LogP) is 2.41. The summed E-state index contributed by atoms with van der Waals surface area (Å²) < 4.78 is 15.0. The van der Waals surface area contributed by atoms with E-state index in [1.54, 1.807) is 18.2 Å². The molecule has 9 heteroatoms. The maximum Gasteiger partial charge on any atom is 0.342 e. The molecule has 1 N–H and O–H groups in total. The van der Waals surface area contributed by atoms with Crippen LogP contribution in [-0.2, 0) is 9.53 Å². The number of hydrogen-bond acceptors (Lipinski definition) is 7. The summed E-state index contributed by atoms with van der Waals surface area (Å²) in [6, 6.07) is 10.2. The summed E-state index contributed by atoms with van der Waals surface area (Å²) in [6.07, 6.45) is 0. The molecule has 0 aliphatic rings. The number of nitrogens with one attached hydrogen (secondary N) is 1. The monoisotopic (exact) mass is 360 g/mol. The maximum absolute atomic E-state index is 12.1. The molecule has 2 aromatic rings. The van der Waals surface area contributed by atoms with Crippen molar-refractivity contribution in [1.82, 2.24) is 0 Å². The minimum Gasteiger partial charge on any atom is -0.496 e. The molecule has 0 aliphatic heterocycles.